The molecule has 7 nitrogen and oxygen atoms in total. The molecule has 0 saturated heterocycles. The van der Waals surface area contributed by atoms with Gasteiger partial charge in [0.05, 0.1) is 4.88 Å². The predicted octanol–water partition coefficient (Wildman–Crippen LogP) is 4.20. The molecule has 0 aliphatic carbocycles. The van der Waals surface area contributed by atoms with E-state index in [9.17, 15) is 9.59 Å². The first-order valence-corrected chi connectivity index (χ1v) is 10.5. The number of nitrogens with one attached hydrogen (secondary N) is 2. The average molecular weight is 420 g/mol. The maximum absolute atomic E-state index is 12.9. The highest BCUT2D eigenvalue weighted by atomic mass is 32.1. The van der Waals surface area contributed by atoms with Crippen LogP contribution in [0.1, 0.15) is 35.0 Å². The van der Waals surface area contributed by atoms with Gasteiger partial charge in [-0.25, -0.2) is 4.98 Å². The van der Waals surface area contributed by atoms with Gasteiger partial charge in [-0.1, -0.05) is 37.6 Å². The highest BCUT2D eigenvalue weighted by molar-refractivity contribution is 7.13. The highest BCUT2D eigenvalue weighted by Crippen LogP contribution is 2.27. The summed E-state index contributed by atoms with van der Waals surface area (Å²) in [6.07, 6.45) is 1.55. The van der Waals surface area contributed by atoms with Gasteiger partial charge in [0.2, 0.25) is 5.95 Å². The van der Waals surface area contributed by atoms with E-state index in [1.807, 2.05) is 49.6 Å². The van der Waals surface area contributed by atoms with E-state index in [0.29, 0.717) is 29.2 Å². The summed E-state index contributed by atoms with van der Waals surface area (Å²) < 4.78 is 1.48. The van der Waals surface area contributed by atoms with Crippen molar-refractivity contribution in [2.24, 2.45) is 0 Å². The summed E-state index contributed by atoms with van der Waals surface area (Å²) in [5, 5.41) is 9.50. The van der Waals surface area contributed by atoms with Gasteiger partial charge in [-0.3, -0.25) is 14.6 Å². The Kier molecular flexibility index (Phi) is 5.58. The zero-order chi connectivity index (χ0) is 21.1. The molecule has 4 rings (SSSR count). The quantitative estimate of drug-likeness (QED) is 0.490. The number of aromatic amines is 1. The molecule has 3 aromatic heterocycles. The summed E-state index contributed by atoms with van der Waals surface area (Å²) >= 11 is 1.54. The van der Waals surface area contributed by atoms with Crippen molar-refractivity contribution in [1.29, 1.82) is 0 Å². The standard InChI is InChI=1S/C22H21N5O2S/c1-3-7-15-12-20(28)25-22(23-15)27-19(13-17(26-27)18-10-6-11-30-18)24-21(29)16-9-5-4-8-14(16)2/h4-6,8-13H,3,7H2,1-2H3,(H,24,29)(H,23,25,28). The fourth-order valence-electron chi connectivity index (χ4n) is 3.17. The van der Waals surface area contributed by atoms with Crippen LogP contribution in [0.3, 0.4) is 0 Å². The number of hydrogen-bond acceptors (Lipinski definition) is 5. The first-order valence-electron chi connectivity index (χ1n) is 9.66. The molecule has 30 heavy (non-hydrogen) atoms. The Morgan fingerprint density at radius 2 is 2.03 bits per heavy atom. The minimum absolute atomic E-state index is 0.251. The molecule has 0 aliphatic heterocycles. The summed E-state index contributed by atoms with van der Waals surface area (Å²) in [5.41, 5.74) is 2.56. The number of benzene rings is 1. The lowest BCUT2D eigenvalue weighted by Crippen LogP contribution is -2.19. The van der Waals surface area contributed by atoms with Crippen LogP contribution in [0.15, 0.2) is 58.7 Å². The Morgan fingerprint density at radius 1 is 1.20 bits per heavy atom. The van der Waals surface area contributed by atoms with E-state index in [-0.39, 0.29) is 17.4 Å². The Hall–Kier alpha value is -3.52. The molecule has 0 unspecified atom stereocenters. The van der Waals surface area contributed by atoms with Gasteiger partial charge < -0.3 is 5.32 Å². The van der Waals surface area contributed by atoms with Crippen molar-refractivity contribution in [3.8, 4) is 16.5 Å². The zero-order valence-corrected chi connectivity index (χ0v) is 17.5. The summed E-state index contributed by atoms with van der Waals surface area (Å²) in [4.78, 5) is 33.3. The van der Waals surface area contributed by atoms with Crippen molar-refractivity contribution in [3.63, 3.8) is 0 Å². The molecule has 8 heteroatoms. The maximum Gasteiger partial charge on any atom is 0.257 e. The number of aryl methyl sites for hydroxylation is 2. The van der Waals surface area contributed by atoms with E-state index in [2.05, 4.69) is 20.4 Å². The summed E-state index contributed by atoms with van der Waals surface area (Å²) in [6, 6.07) is 14.5. The Balaban J connectivity index is 1.79. The van der Waals surface area contributed by atoms with Crippen LogP contribution in [-0.4, -0.2) is 25.7 Å². The number of carbonyl (C=O) groups is 1. The lowest BCUT2D eigenvalue weighted by atomic mass is 10.1. The van der Waals surface area contributed by atoms with Gasteiger partial charge in [0.15, 0.2) is 0 Å². The lowest BCUT2D eigenvalue weighted by molar-refractivity contribution is 0.102. The number of nitrogens with zero attached hydrogens (tertiary/aromatic N) is 3. The van der Waals surface area contributed by atoms with Gasteiger partial charge in [-0.05, 0) is 36.4 Å². The van der Waals surface area contributed by atoms with Crippen molar-refractivity contribution in [3.05, 3.63) is 81.1 Å². The average Bonchev–Trinajstić information content (AvgIpc) is 3.38. The van der Waals surface area contributed by atoms with Gasteiger partial charge in [-0.15, -0.1) is 11.3 Å². The van der Waals surface area contributed by atoms with Gasteiger partial charge in [0.25, 0.3) is 11.5 Å². The van der Waals surface area contributed by atoms with Crippen LogP contribution in [0.5, 0.6) is 0 Å². The molecule has 0 aliphatic rings. The molecule has 0 bridgehead atoms. The molecule has 4 aromatic rings. The number of thiophene rings is 1. The number of anilines is 1. The minimum Gasteiger partial charge on any atom is -0.306 e. The number of rotatable bonds is 6. The zero-order valence-electron chi connectivity index (χ0n) is 16.7. The van der Waals surface area contributed by atoms with Crippen LogP contribution in [0.4, 0.5) is 5.82 Å². The fourth-order valence-corrected chi connectivity index (χ4v) is 3.85. The molecule has 0 radical (unpaired) electrons. The summed E-state index contributed by atoms with van der Waals surface area (Å²) in [6.45, 7) is 3.91. The van der Waals surface area contributed by atoms with Crippen molar-refractivity contribution in [2.45, 2.75) is 26.7 Å². The van der Waals surface area contributed by atoms with Crippen molar-refractivity contribution >= 4 is 23.1 Å². The molecule has 2 N–H and O–H groups in total. The van der Waals surface area contributed by atoms with E-state index < -0.39 is 0 Å². The van der Waals surface area contributed by atoms with Crippen LogP contribution in [-0.2, 0) is 6.42 Å². The second-order valence-electron chi connectivity index (χ2n) is 6.88. The monoisotopic (exact) mass is 419 g/mol. The van der Waals surface area contributed by atoms with Gasteiger partial charge in [0.1, 0.15) is 11.5 Å². The molecule has 0 saturated carbocycles. The summed E-state index contributed by atoms with van der Waals surface area (Å²) in [7, 11) is 0. The summed E-state index contributed by atoms with van der Waals surface area (Å²) in [5.74, 6) is 0.455. The number of H-pyrrole nitrogens is 1. The topological polar surface area (TPSA) is 92.7 Å². The van der Waals surface area contributed by atoms with Crippen LogP contribution < -0.4 is 10.9 Å². The Labute approximate surface area is 177 Å². The smallest absolute Gasteiger partial charge is 0.257 e. The first kappa shape index (κ1) is 19.8. The van der Waals surface area contributed by atoms with Crippen LogP contribution >= 0.6 is 11.3 Å². The van der Waals surface area contributed by atoms with Gasteiger partial charge in [-0.2, -0.15) is 9.78 Å². The van der Waals surface area contributed by atoms with Crippen molar-refractivity contribution in [1.82, 2.24) is 19.7 Å². The maximum atomic E-state index is 12.9. The molecular formula is C22H21N5O2S. The lowest BCUT2D eigenvalue weighted by Gasteiger charge is -2.10. The van der Waals surface area contributed by atoms with E-state index in [1.54, 1.807) is 23.5 Å². The van der Waals surface area contributed by atoms with Crippen LogP contribution in [0, 0.1) is 6.92 Å². The molecule has 1 amide bonds. The van der Waals surface area contributed by atoms with E-state index >= 15 is 0 Å². The van der Waals surface area contributed by atoms with Crippen LogP contribution in [0.25, 0.3) is 16.5 Å². The molecule has 152 valence electrons. The Morgan fingerprint density at radius 3 is 2.77 bits per heavy atom. The first-order chi connectivity index (χ1) is 14.5. The second kappa shape index (κ2) is 8.46. The number of amides is 1. The van der Waals surface area contributed by atoms with Gasteiger partial charge in [0, 0.05) is 23.4 Å². The third kappa shape index (κ3) is 4.08. The third-order valence-corrected chi connectivity index (χ3v) is 5.50. The van der Waals surface area contributed by atoms with Crippen molar-refractivity contribution < 1.29 is 4.79 Å². The van der Waals surface area contributed by atoms with Crippen molar-refractivity contribution in [2.75, 3.05) is 5.32 Å². The molecule has 0 atom stereocenters. The van der Waals surface area contributed by atoms with Crippen LogP contribution in [0.2, 0.25) is 0 Å². The van der Waals surface area contributed by atoms with E-state index in [0.717, 1.165) is 16.9 Å². The predicted molar refractivity (Wildman–Crippen MR) is 118 cm³/mol. The number of carbonyl (C=O) groups excluding carboxylic acids is 1. The Bertz CT molecular complexity index is 1240. The minimum atomic E-state index is -0.257. The second-order valence-corrected chi connectivity index (χ2v) is 7.83. The van der Waals surface area contributed by atoms with E-state index in [1.165, 1.54) is 10.7 Å². The highest BCUT2D eigenvalue weighted by Gasteiger charge is 2.18. The SMILES string of the molecule is CCCc1cc(=O)[nH]c(-n2nc(-c3cccs3)cc2NC(=O)c2ccccc2C)n1. The fraction of sp³-hybridized carbons (Fsp3) is 0.182. The molecular weight excluding hydrogens is 398 g/mol. The molecule has 1 aromatic carbocycles. The van der Waals surface area contributed by atoms with Gasteiger partial charge >= 0.3 is 0 Å². The molecule has 3 heterocycles. The molecule has 0 spiro atoms. The third-order valence-electron chi connectivity index (χ3n) is 4.60. The normalized spacial score (nSPS) is 10.9. The number of aromatic nitrogens is 4. The molecule has 0 fully saturated rings. The van der Waals surface area contributed by atoms with E-state index in [4.69, 9.17) is 0 Å². The number of hydrogen-bond donors (Lipinski definition) is 2. The largest absolute Gasteiger partial charge is 0.306 e.